The largest absolute Gasteiger partial charge is 0.357 e. The zero-order valence-corrected chi connectivity index (χ0v) is 16.6. The van der Waals surface area contributed by atoms with Gasteiger partial charge in [0.15, 0.2) is 5.96 Å². The smallest absolute Gasteiger partial charge is 0.215 e. The van der Waals surface area contributed by atoms with Crippen LogP contribution in [0.5, 0.6) is 0 Å². The molecule has 0 amide bonds. The number of guanidine groups is 1. The van der Waals surface area contributed by atoms with Crippen LogP contribution in [0.2, 0.25) is 0 Å². The number of hydrogen-bond acceptors (Lipinski definition) is 4. The molecule has 0 unspecified atom stereocenters. The molecule has 6 nitrogen and oxygen atoms in total. The maximum absolute atomic E-state index is 12.4. The minimum absolute atomic E-state index is 0.0898. The van der Waals surface area contributed by atoms with Crippen molar-refractivity contribution in [3.63, 3.8) is 0 Å². The Morgan fingerprint density at radius 2 is 2.04 bits per heavy atom. The third-order valence-electron chi connectivity index (χ3n) is 3.86. The van der Waals surface area contributed by atoms with Gasteiger partial charge in [0.25, 0.3) is 0 Å². The molecule has 1 aliphatic heterocycles. The van der Waals surface area contributed by atoms with Crippen LogP contribution >= 0.6 is 11.8 Å². The number of thioether (sulfide) groups is 1. The highest BCUT2D eigenvalue weighted by molar-refractivity contribution is 7.99. The normalized spacial score (nSPS) is 16.6. The van der Waals surface area contributed by atoms with Gasteiger partial charge in [-0.1, -0.05) is 29.8 Å². The second kappa shape index (κ2) is 10.0. The first-order valence-corrected chi connectivity index (χ1v) is 11.4. The summed E-state index contributed by atoms with van der Waals surface area (Å²) >= 11 is 1.80. The van der Waals surface area contributed by atoms with E-state index < -0.39 is 10.0 Å². The van der Waals surface area contributed by atoms with E-state index in [1.54, 1.807) is 16.1 Å². The van der Waals surface area contributed by atoms with Crippen LogP contribution in [0.15, 0.2) is 29.3 Å². The highest BCUT2D eigenvalue weighted by Crippen LogP contribution is 2.13. The van der Waals surface area contributed by atoms with Crippen molar-refractivity contribution in [1.29, 1.82) is 0 Å². The van der Waals surface area contributed by atoms with Crippen LogP contribution in [0, 0.1) is 6.92 Å². The Balaban J connectivity index is 1.87. The van der Waals surface area contributed by atoms with E-state index in [9.17, 15) is 8.42 Å². The van der Waals surface area contributed by atoms with Gasteiger partial charge < -0.3 is 10.6 Å². The molecule has 2 N–H and O–H groups in total. The van der Waals surface area contributed by atoms with E-state index in [0.717, 1.165) is 23.6 Å². The summed E-state index contributed by atoms with van der Waals surface area (Å²) in [4.78, 5) is 4.54. The molecule has 25 heavy (non-hydrogen) atoms. The molecule has 1 aliphatic rings. The molecule has 0 atom stereocenters. The number of nitrogens with one attached hydrogen (secondary N) is 2. The SMILES string of the molecule is CCNC(=NCc1cccc(C)c1)NCCS(=O)(=O)N1CCSCC1. The van der Waals surface area contributed by atoms with E-state index in [2.05, 4.69) is 34.7 Å². The number of hydrogen-bond donors (Lipinski definition) is 2. The Hall–Kier alpha value is -1.25. The lowest BCUT2D eigenvalue weighted by Crippen LogP contribution is -2.44. The van der Waals surface area contributed by atoms with Gasteiger partial charge in [-0.15, -0.1) is 0 Å². The first-order valence-electron chi connectivity index (χ1n) is 8.64. The molecule has 0 radical (unpaired) electrons. The lowest BCUT2D eigenvalue weighted by Gasteiger charge is -2.25. The number of aliphatic imine (C=N–C) groups is 1. The summed E-state index contributed by atoms with van der Waals surface area (Å²) in [6.07, 6.45) is 0. The van der Waals surface area contributed by atoms with E-state index in [4.69, 9.17) is 0 Å². The number of benzene rings is 1. The molecule has 0 saturated carbocycles. The van der Waals surface area contributed by atoms with Crippen LogP contribution in [0.3, 0.4) is 0 Å². The molecule has 0 aliphatic carbocycles. The Morgan fingerprint density at radius 3 is 2.72 bits per heavy atom. The molecule has 2 rings (SSSR count). The van der Waals surface area contributed by atoms with E-state index in [1.807, 2.05) is 19.1 Å². The molecule has 0 spiro atoms. The molecule has 1 heterocycles. The highest BCUT2D eigenvalue weighted by Gasteiger charge is 2.23. The molecule has 0 aromatic heterocycles. The van der Waals surface area contributed by atoms with Crippen molar-refractivity contribution in [1.82, 2.24) is 14.9 Å². The zero-order valence-electron chi connectivity index (χ0n) is 15.0. The topological polar surface area (TPSA) is 73.8 Å². The maximum atomic E-state index is 12.4. The second-order valence-electron chi connectivity index (χ2n) is 5.94. The standard InChI is InChI=1S/C17H28N4O2S2/c1-3-18-17(20-14-16-6-4-5-15(2)13-16)19-7-12-25(22,23)21-8-10-24-11-9-21/h4-6,13H,3,7-12,14H2,1-2H3,(H2,18,19,20). The molecule has 1 saturated heterocycles. The summed E-state index contributed by atoms with van der Waals surface area (Å²) < 4.78 is 26.3. The lowest BCUT2D eigenvalue weighted by molar-refractivity contribution is 0.443. The number of nitrogens with zero attached hydrogens (tertiary/aromatic N) is 2. The Morgan fingerprint density at radius 1 is 1.28 bits per heavy atom. The summed E-state index contributed by atoms with van der Waals surface area (Å²) in [6, 6.07) is 8.22. The third-order valence-corrected chi connectivity index (χ3v) is 6.68. The fourth-order valence-corrected chi connectivity index (χ4v) is 5.07. The Bertz CT molecular complexity index is 671. The highest BCUT2D eigenvalue weighted by atomic mass is 32.2. The molecular formula is C17H28N4O2S2. The van der Waals surface area contributed by atoms with Crippen LogP contribution in [0.25, 0.3) is 0 Å². The first kappa shape index (κ1) is 20.1. The average molecular weight is 385 g/mol. The minimum atomic E-state index is -3.19. The van der Waals surface area contributed by atoms with Crippen LogP contribution < -0.4 is 10.6 Å². The average Bonchev–Trinajstić information content (AvgIpc) is 2.60. The fraction of sp³-hybridized carbons (Fsp3) is 0.588. The van der Waals surface area contributed by atoms with Gasteiger partial charge in [-0.3, -0.25) is 0 Å². The minimum Gasteiger partial charge on any atom is -0.357 e. The van der Waals surface area contributed by atoms with Crippen molar-refractivity contribution in [2.45, 2.75) is 20.4 Å². The van der Waals surface area contributed by atoms with Gasteiger partial charge in [-0.05, 0) is 19.4 Å². The van der Waals surface area contributed by atoms with Crippen molar-refractivity contribution in [3.8, 4) is 0 Å². The van der Waals surface area contributed by atoms with E-state index in [1.165, 1.54) is 5.56 Å². The van der Waals surface area contributed by atoms with Gasteiger partial charge >= 0.3 is 0 Å². The van der Waals surface area contributed by atoms with E-state index in [0.29, 0.717) is 32.1 Å². The number of sulfonamides is 1. The van der Waals surface area contributed by atoms with Crippen LogP contribution in [0.4, 0.5) is 0 Å². The van der Waals surface area contributed by atoms with Gasteiger partial charge in [0.2, 0.25) is 10.0 Å². The summed E-state index contributed by atoms with van der Waals surface area (Å²) in [6.45, 7) is 6.93. The second-order valence-corrected chi connectivity index (χ2v) is 9.25. The zero-order chi connectivity index (χ0) is 18.1. The summed E-state index contributed by atoms with van der Waals surface area (Å²) in [5.41, 5.74) is 2.34. The van der Waals surface area contributed by atoms with Crippen molar-refractivity contribution in [2.24, 2.45) is 4.99 Å². The van der Waals surface area contributed by atoms with Crippen LogP contribution in [-0.2, 0) is 16.6 Å². The molecular weight excluding hydrogens is 356 g/mol. The van der Waals surface area contributed by atoms with Gasteiger partial charge in [-0.2, -0.15) is 11.8 Å². The quantitative estimate of drug-likeness (QED) is 0.550. The van der Waals surface area contributed by atoms with Gasteiger partial charge in [-0.25, -0.2) is 17.7 Å². The van der Waals surface area contributed by atoms with Crippen molar-refractivity contribution in [2.75, 3.05) is 43.4 Å². The molecule has 8 heteroatoms. The molecule has 0 bridgehead atoms. The number of rotatable bonds is 7. The summed E-state index contributed by atoms with van der Waals surface area (Å²) in [5, 5.41) is 6.29. The molecule has 140 valence electrons. The van der Waals surface area contributed by atoms with E-state index in [-0.39, 0.29) is 5.75 Å². The molecule has 1 fully saturated rings. The maximum Gasteiger partial charge on any atom is 0.215 e. The fourth-order valence-electron chi connectivity index (χ4n) is 2.57. The van der Waals surface area contributed by atoms with Crippen molar-refractivity contribution in [3.05, 3.63) is 35.4 Å². The summed E-state index contributed by atoms with van der Waals surface area (Å²) in [5.74, 6) is 2.50. The lowest BCUT2D eigenvalue weighted by atomic mass is 10.1. The van der Waals surface area contributed by atoms with Crippen LogP contribution in [0.1, 0.15) is 18.1 Å². The van der Waals surface area contributed by atoms with Gasteiger partial charge in [0.1, 0.15) is 0 Å². The summed E-state index contributed by atoms with van der Waals surface area (Å²) in [7, 11) is -3.19. The van der Waals surface area contributed by atoms with Crippen LogP contribution in [-0.4, -0.2) is 62.1 Å². The van der Waals surface area contributed by atoms with E-state index >= 15 is 0 Å². The Labute approximate surface area is 155 Å². The predicted octanol–water partition coefficient (Wildman–Crippen LogP) is 1.43. The number of aryl methyl sites for hydroxylation is 1. The van der Waals surface area contributed by atoms with Crippen molar-refractivity contribution >= 4 is 27.7 Å². The molecule has 1 aromatic rings. The third kappa shape index (κ3) is 6.87. The van der Waals surface area contributed by atoms with Gasteiger partial charge in [0.05, 0.1) is 12.3 Å². The predicted molar refractivity (Wildman–Crippen MR) is 107 cm³/mol. The van der Waals surface area contributed by atoms with Gasteiger partial charge in [0, 0.05) is 37.7 Å². The first-order chi connectivity index (χ1) is 12.0. The molecule has 1 aromatic carbocycles. The monoisotopic (exact) mass is 384 g/mol. The van der Waals surface area contributed by atoms with Crippen molar-refractivity contribution < 1.29 is 8.42 Å². The Kier molecular flexibility index (Phi) is 8.05.